The highest BCUT2D eigenvalue weighted by Crippen LogP contribution is 2.30. The number of phenolic OH excluding ortho intramolecular Hbond substituents is 1. The number of hydrogen-bond acceptors (Lipinski definition) is 4. The Bertz CT molecular complexity index is 1090. The van der Waals surface area contributed by atoms with Gasteiger partial charge in [0.1, 0.15) is 23.2 Å². The van der Waals surface area contributed by atoms with Gasteiger partial charge in [-0.2, -0.15) is 0 Å². The van der Waals surface area contributed by atoms with E-state index in [9.17, 15) is 13.9 Å². The van der Waals surface area contributed by atoms with E-state index in [1.807, 2.05) is 24.3 Å². The lowest BCUT2D eigenvalue weighted by molar-refractivity contribution is 0.289. The summed E-state index contributed by atoms with van der Waals surface area (Å²) in [6.07, 6.45) is 0. The number of ether oxygens (including phenoxy) is 1. The summed E-state index contributed by atoms with van der Waals surface area (Å²) in [6.45, 7) is 0.101. The van der Waals surface area contributed by atoms with Crippen LogP contribution in [0.2, 0.25) is 0 Å². The first-order chi connectivity index (χ1) is 12.6. The third-order valence-electron chi connectivity index (χ3n) is 3.86. The van der Waals surface area contributed by atoms with Crippen molar-refractivity contribution in [2.75, 3.05) is 0 Å². The zero-order valence-electron chi connectivity index (χ0n) is 13.4. The molecule has 0 unspecified atom stereocenters. The first-order valence-electron chi connectivity index (χ1n) is 7.85. The summed E-state index contributed by atoms with van der Waals surface area (Å²) in [5, 5.41) is 10.3. The number of benzene rings is 3. The van der Waals surface area contributed by atoms with Crippen LogP contribution in [0.15, 0.2) is 60.7 Å². The molecule has 0 radical (unpaired) electrons. The average Bonchev–Trinajstić information content (AvgIpc) is 3.03. The Morgan fingerprint density at radius 3 is 2.62 bits per heavy atom. The molecule has 0 spiro atoms. The normalized spacial score (nSPS) is 11.0. The van der Waals surface area contributed by atoms with Crippen molar-refractivity contribution in [1.29, 1.82) is 0 Å². The van der Waals surface area contributed by atoms with Crippen molar-refractivity contribution >= 4 is 21.6 Å². The van der Waals surface area contributed by atoms with Gasteiger partial charge in [0.25, 0.3) is 0 Å². The number of nitrogens with zero attached hydrogens (tertiary/aromatic N) is 1. The van der Waals surface area contributed by atoms with Gasteiger partial charge in [-0.15, -0.1) is 11.3 Å². The Morgan fingerprint density at radius 2 is 1.81 bits per heavy atom. The number of aromatic nitrogens is 1. The van der Waals surface area contributed by atoms with Crippen LogP contribution in [0.5, 0.6) is 11.5 Å². The fourth-order valence-electron chi connectivity index (χ4n) is 2.63. The van der Waals surface area contributed by atoms with Gasteiger partial charge < -0.3 is 9.84 Å². The summed E-state index contributed by atoms with van der Waals surface area (Å²) >= 11 is 1.45. The highest BCUT2D eigenvalue weighted by atomic mass is 32.1. The highest BCUT2D eigenvalue weighted by molar-refractivity contribution is 7.18. The van der Waals surface area contributed by atoms with Gasteiger partial charge in [-0.05, 0) is 47.5 Å². The first kappa shape index (κ1) is 16.5. The van der Waals surface area contributed by atoms with Crippen LogP contribution < -0.4 is 4.74 Å². The van der Waals surface area contributed by atoms with Gasteiger partial charge in [0.2, 0.25) is 0 Å². The summed E-state index contributed by atoms with van der Waals surface area (Å²) < 4.78 is 32.9. The van der Waals surface area contributed by atoms with Crippen LogP contribution in [-0.4, -0.2) is 10.1 Å². The van der Waals surface area contributed by atoms with E-state index in [0.29, 0.717) is 5.01 Å². The predicted octanol–water partition coefficient (Wildman–Crippen LogP) is 5.53. The molecule has 26 heavy (non-hydrogen) atoms. The van der Waals surface area contributed by atoms with Crippen molar-refractivity contribution in [2.24, 2.45) is 0 Å². The number of phenols is 1. The molecule has 0 saturated heterocycles. The molecule has 1 N–H and O–H groups in total. The van der Waals surface area contributed by atoms with Gasteiger partial charge in [-0.3, -0.25) is 0 Å². The van der Waals surface area contributed by atoms with Gasteiger partial charge in [0.05, 0.1) is 10.2 Å². The molecule has 3 aromatic carbocycles. The molecule has 0 aliphatic heterocycles. The van der Waals surface area contributed by atoms with Gasteiger partial charge >= 0.3 is 0 Å². The van der Waals surface area contributed by atoms with E-state index >= 15 is 0 Å². The number of aromatic hydroxyl groups is 1. The molecular formula is C20H13F2NO2S. The lowest BCUT2D eigenvalue weighted by Gasteiger charge is -2.04. The number of thiazole rings is 1. The Hall–Kier alpha value is -2.99. The van der Waals surface area contributed by atoms with Gasteiger partial charge in [-0.1, -0.05) is 18.2 Å². The third-order valence-corrected chi connectivity index (χ3v) is 4.87. The highest BCUT2D eigenvalue weighted by Gasteiger charge is 2.09. The maximum atomic E-state index is 13.6. The van der Waals surface area contributed by atoms with Gasteiger partial charge in [-0.25, -0.2) is 13.8 Å². The Morgan fingerprint density at radius 1 is 0.962 bits per heavy atom. The molecule has 0 atom stereocenters. The quantitative estimate of drug-likeness (QED) is 0.515. The molecule has 4 rings (SSSR count). The molecule has 0 bridgehead atoms. The lowest BCUT2D eigenvalue weighted by atomic mass is 10.1. The second-order valence-electron chi connectivity index (χ2n) is 5.70. The average molecular weight is 369 g/mol. The number of halogens is 2. The molecule has 1 aromatic heterocycles. The summed E-state index contributed by atoms with van der Waals surface area (Å²) in [6, 6.07) is 16.0. The van der Waals surface area contributed by atoms with Crippen LogP contribution in [0.4, 0.5) is 8.78 Å². The number of fused-ring (bicyclic) bond motifs is 1. The van der Waals surface area contributed by atoms with Gasteiger partial charge in [0, 0.05) is 6.07 Å². The van der Waals surface area contributed by atoms with Crippen molar-refractivity contribution in [3.05, 3.63) is 77.3 Å². The van der Waals surface area contributed by atoms with E-state index in [2.05, 4.69) is 4.98 Å². The first-order valence-corrected chi connectivity index (χ1v) is 8.67. The van der Waals surface area contributed by atoms with Crippen molar-refractivity contribution in [1.82, 2.24) is 4.98 Å². The molecular weight excluding hydrogens is 356 g/mol. The molecule has 0 fully saturated rings. The minimum Gasteiger partial charge on any atom is -0.508 e. The number of rotatable bonds is 4. The van der Waals surface area contributed by atoms with Crippen LogP contribution in [0.1, 0.15) is 5.01 Å². The van der Waals surface area contributed by atoms with Crippen LogP contribution in [-0.2, 0) is 6.61 Å². The van der Waals surface area contributed by atoms with Crippen LogP contribution in [0.3, 0.4) is 0 Å². The molecule has 6 heteroatoms. The van der Waals surface area contributed by atoms with E-state index < -0.39 is 11.6 Å². The van der Waals surface area contributed by atoms with Crippen molar-refractivity contribution in [2.45, 2.75) is 6.61 Å². The summed E-state index contributed by atoms with van der Waals surface area (Å²) in [5.74, 6) is -1.19. The lowest BCUT2D eigenvalue weighted by Crippen LogP contribution is -1.97. The summed E-state index contributed by atoms with van der Waals surface area (Å²) in [7, 11) is 0. The van der Waals surface area contributed by atoms with Crippen molar-refractivity contribution < 1.29 is 18.6 Å². The zero-order valence-corrected chi connectivity index (χ0v) is 14.3. The van der Waals surface area contributed by atoms with Crippen LogP contribution in [0, 0.1) is 11.6 Å². The maximum Gasteiger partial charge on any atom is 0.167 e. The molecule has 0 amide bonds. The van der Waals surface area contributed by atoms with Crippen molar-refractivity contribution in [3.8, 4) is 22.6 Å². The maximum absolute atomic E-state index is 13.6. The molecule has 130 valence electrons. The molecule has 0 saturated carbocycles. The van der Waals surface area contributed by atoms with E-state index in [0.717, 1.165) is 33.5 Å². The Labute approximate surface area is 152 Å². The van der Waals surface area contributed by atoms with Gasteiger partial charge in [0.15, 0.2) is 11.6 Å². The molecule has 1 heterocycles. The Balaban J connectivity index is 1.57. The van der Waals surface area contributed by atoms with Crippen LogP contribution in [0.25, 0.3) is 21.3 Å². The van der Waals surface area contributed by atoms with E-state index in [4.69, 9.17) is 4.74 Å². The van der Waals surface area contributed by atoms with Crippen LogP contribution >= 0.6 is 11.3 Å². The van der Waals surface area contributed by atoms with Crippen molar-refractivity contribution in [3.63, 3.8) is 0 Å². The SMILES string of the molecule is Oc1cccc(-c2ccc3sc(COc4ccc(F)cc4F)nc3c2)c1. The molecule has 4 aromatic rings. The zero-order chi connectivity index (χ0) is 18.1. The largest absolute Gasteiger partial charge is 0.508 e. The fourth-order valence-corrected chi connectivity index (χ4v) is 3.49. The second kappa shape index (κ2) is 6.72. The summed E-state index contributed by atoms with van der Waals surface area (Å²) in [5.41, 5.74) is 2.64. The minimum atomic E-state index is -0.739. The predicted molar refractivity (Wildman–Crippen MR) is 97.4 cm³/mol. The smallest absolute Gasteiger partial charge is 0.167 e. The van der Waals surface area contributed by atoms with E-state index in [1.54, 1.807) is 18.2 Å². The number of hydrogen-bond donors (Lipinski definition) is 1. The minimum absolute atomic E-state index is 0.00824. The molecule has 0 aliphatic rings. The monoisotopic (exact) mass is 369 g/mol. The molecule has 0 aliphatic carbocycles. The Kier molecular flexibility index (Phi) is 4.26. The topological polar surface area (TPSA) is 42.4 Å². The summed E-state index contributed by atoms with van der Waals surface area (Å²) in [4.78, 5) is 4.52. The van der Waals surface area contributed by atoms with E-state index in [-0.39, 0.29) is 18.1 Å². The van der Waals surface area contributed by atoms with E-state index in [1.165, 1.54) is 17.4 Å². The third kappa shape index (κ3) is 3.36. The fraction of sp³-hybridized carbons (Fsp3) is 0.0500. The standard InChI is InChI=1S/C20H13F2NO2S/c21-14-5-6-18(16(22)10-14)25-11-20-23-17-9-13(4-7-19(17)26-20)12-2-1-3-15(24)8-12/h1-10,24H,11H2. The molecule has 3 nitrogen and oxygen atoms in total. The second-order valence-corrected chi connectivity index (χ2v) is 6.82.